The third-order valence-corrected chi connectivity index (χ3v) is 5.38. The second kappa shape index (κ2) is 6.75. The van der Waals surface area contributed by atoms with E-state index in [0.29, 0.717) is 11.6 Å². The van der Waals surface area contributed by atoms with Crippen molar-refractivity contribution >= 4 is 23.1 Å². The third kappa shape index (κ3) is 3.18. The lowest BCUT2D eigenvalue weighted by molar-refractivity contribution is -0.126. The predicted octanol–water partition coefficient (Wildman–Crippen LogP) is 2.72. The first-order valence-corrected chi connectivity index (χ1v) is 8.72. The first-order chi connectivity index (χ1) is 11.9. The highest BCUT2D eigenvalue weighted by Gasteiger charge is 2.26. The van der Waals surface area contributed by atoms with Gasteiger partial charge in [0.25, 0.3) is 0 Å². The number of fused-ring (bicyclic) bond motifs is 1. The van der Waals surface area contributed by atoms with Crippen molar-refractivity contribution in [2.75, 3.05) is 18.4 Å². The molecule has 2 amide bonds. The van der Waals surface area contributed by atoms with Crippen LogP contribution < -0.4 is 11.1 Å². The average molecular weight is 339 g/mol. The normalized spacial score (nSPS) is 17.4. The predicted molar refractivity (Wildman–Crippen MR) is 100 cm³/mol. The zero-order chi connectivity index (χ0) is 18.1. The highest BCUT2D eigenvalue weighted by molar-refractivity contribution is 5.99. The number of allylic oxidation sites excluding steroid dienone is 2. The number of piperidine rings is 1. The van der Waals surface area contributed by atoms with Gasteiger partial charge in [-0.25, -0.2) is 0 Å². The number of carbonyl (C=O) groups excluding carboxylic acids is 2. The van der Waals surface area contributed by atoms with Crippen molar-refractivity contribution in [3.05, 3.63) is 47.1 Å². The highest BCUT2D eigenvalue weighted by Crippen LogP contribution is 2.39. The molecule has 5 nitrogen and oxygen atoms in total. The molecule has 0 atom stereocenters. The Kier molecular flexibility index (Phi) is 4.66. The van der Waals surface area contributed by atoms with Crippen LogP contribution in [0.15, 0.2) is 30.4 Å². The molecule has 1 aromatic carbocycles. The van der Waals surface area contributed by atoms with Crippen LogP contribution in [0.25, 0.3) is 5.57 Å². The molecule has 1 aliphatic heterocycles. The molecule has 1 aliphatic carbocycles. The summed E-state index contributed by atoms with van der Waals surface area (Å²) in [6.07, 6.45) is 3.95. The Morgan fingerprint density at radius 2 is 1.96 bits per heavy atom. The number of amides is 2. The van der Waals surface area contributed by atoms with Crippen molar-refractivity contribution in [2.45, 2.75) is 39.2 Å². The van der Waals surface area contributed by atoms with E-state index in [9.17, 15) is 9.59 Å². The lowest BCUT2D eigenvalue weighted by Gasteiger charge is -2.33. The Hall–Kier alpha value is -2.56. The molecule has 0 saturated carbocycles. The van der Waals surface area contributed by atoms with Crippen LogP contribution in [-0.2, 0) is 11.2 Å². The lowest BCUT2D eigenvalue weighted by Crippen LogP contribution is -2.41. The van der Waals surface area contributed by atoms with E-state index in [2.05, 4.69) is 25.7 Å². The van der Waals surface area contributed by atoms with Gasteiger partial charge in [-0.3, -0.25) is 9.59 Å². The number of benzene rings is 1. The number of anilines is 1. The van der Waals surface area contributed by atoms with Crippen LogP contribution in [0.5, 0.6) is 0 Å². The Morgan fingerprint density at radius 3 is 2.56 bits per heavy atom. The first-order valence-electron chi connectivity index (χ1n) is 8.72. The highest BCUT2D eigenvalue weighted by atomic mass is 16.2. The van der Waals surface area contributed by atoms with Crippen LogP contribution in [0.1, 0.15) is 48.2 Å². The SMILES string of the molecule is C=CC(=O)N1CCC(Nc2ccc(C(N)=O)c3c2C(C)=C(C)C3)CC1. The van der Waals surface area contributed by atoms with Crippen molar-refractivity contribution in [2.24, 2.45) is 5.73 Å². The molecule has 0 bridgehead atoms. The lowest BCUT2D eigenvalue weighted by atomic mass is 9.96. The van der Waals surface area contributed by atoms with Crippen molar-refractivity contribution < 1.29 is 9.59 Å². The average Bonchev–Trinajstić information content (AvgIpc) is 2.90. The number of nitrogens with two attached hydrogens (primary N) is 1. The summed E-state index contributed by atoms with van der Waals surface area (Å²) in [7, 11) is 0. The summed E-state index contributed by atoms with van der Waals surface area (Å²) in [5, 5.41) is 3.63. The van der Waals surface area contributed by atoms with E-state index in [1.807, 2.05) is 17.0 Å². The second-order valence-corrected chi connectivity index (χ2v) is 6.91. The number of hydrogen-bond acceptors (Lipinski definition) is 3. The van der Waals surface area contributed by atoms with Gasteiger partial charge in [0.15, 0.2) is 0 Å². The van der Waals surface area contributed by atoms with Crippen molar-refractivity contribution in [3.8, 4) is 0 Å². The summed E-state index contributed by atoms with van der Waals surface area (Å²) in [5.74, 6) is -0.374. The van der Waals surface area contributed by atoms with Crippen LogP contribution in [0, 0.1) is 0 Å². The molecule has 1 aromatic rings. The number of rotatable bonds is 4. The molecular formula is C20H25N3O2. The molecule has 3 rings (SSSR count). The van der Waals surface area contributed by atoms with Gasteiger partial charge in [-0.15, -0.1) is 0 Å². The van der Waals surface area contributed by atoms with Gasteiger partial charge < -0.3 is 16.0 Å². The van der Waals surface area contributed by atoms with E-state index in [4.69, 9.17) is 5.73 Å². The van der Waals surface area contributed by atoms with Gasteiger partial charge >= 0.3 is 0 Å². The number of carbonyl (C=O) groups is 2. The molecule has 5 heteroatoms. The Bertz CT molecular complexity index is 771. The molecule has 1 fully saturated rings. The summed E-state index contributed by atoms with van der Waals surface area (Å²) in [5.41, 5.74) is 11.9. The number of primary amides is 1. The summed E-state index contributed by atoms with van der Waals surface area (Å²) in [4.78, 5) is 25.3. The molecule has 1 saturated heterocycles. The minimum absolute atomic E-state index is 0.000412. The fourth-order valence-corrected chi connectivity index (χ4v) is 3.82. The van der Waals surface area contributed by atoms with E-state index in [-0.39, 0.29) is 11.8 Å². The molecule has 25 heavy (non-hydrogen) atoms. The minimum Gasteiger partial charge on any atom is -0.382 e. The molecule has 3 N–H and O–H groups in total. The number of nitrogens with zero attached hydrogens (tertiary/aromatic N) is 1. The van der Waals surface area contributed by atoms with Crippen molar-refractivity contribution in [1.82, 2.24) is 4.90 Å². The largest absolute Gasteiger partial charge is 0.382 e. The van der Waals surface area contributed by atoms with E-state index < -0.39 is 0 Å². The smallest absolute Gasteiger partial charge is 0.249 e. The zero-order valence-electron chi connectivity index (χ0n) is 14.9. The van der Waals surface area contributed by atoms with Crippen molar-refractivity contribution in [3.63, 3.8) is 0 Å². The van der Waals surface area contributed by atoms with Crippen LogP contribution >= 0.6 is 0 Å². The van der Waals surface area contributed by atoms with E-state index in [1.165, 1.54) is 17.2 Å². The Labute approximate surface area is 148 Å². The summed E-state index contributed by atoms with van der Waals surface area (Å²) in [6, 6.07) is 4.10. The van der Waals surface area contributed by atoms with Crippen LogP contribution in [0.2, 0.25) is 0 Å². The van der Waals surface area contributed by atoms with E-state index in [0.717, 1.165) is 49.2 Å². The standard InChI is InChI=1S/C20H25N3O2/c1-4-18(24)23-9-7-14(8-10-23)22-17-6-5-15(20(21)25)16-11-12(2)13(3)19(16)17/h4-6,14,22H,1,7-11H2,2-3H3,(H2,21,25). The fourth-order valence-electron chi connectivity index (χ4n) is 3.82. The van der Waals surface area contributed by atoms with Crippen LogP contribution in [0.4, 0.5) is 5.69 Å². The maximum Gasteiger partial charge on any atom is 0.249 e. The Balaban J connectivity index is 1.81. The summed E-state index contributed by atoms with van der Waals surface area (Å²) >= 11 is 0. The second-order valence-electron chi connectivity index (χ2n) is 6.91. The number of hydrogen-bond donors (Lipinski definition) is 2. The van der Waals surface area contributed by atoms with Gasteiger partial charge in [0.2, 0.25) is 11.8 Å². The molecule has 0 unspecified atom stereocenters. The van der Waals surface area contributed by atoms with Crippen LogP contribution in [0.3, 0.4) is 0 Å². The van der Waals surface area contributed by atoms with Gasteiger partial charge in [0.1, 0.15) is 0 Å². The van der Waals surface area contributed by atoms with Gasteiger partial charge in [0, 0.05) is 35.9 Å². The van der Waals surface area contributed by atoms with Gasteiger partial charge in [-0.2, -0.15) is 0 Å². The molecular weight excluding hydrogens is 314 g/mol. The summed E-state index contributed by atoms with van der Waals surface area (Å²) < 4.78 is 0. The molecule has 0 radical (unpaired) electrons. The molecule has 2 aliphatic rings. The van der Waals surface area contributed by atoms with Crippen molar-refractivity contribution in [1.29, 1.82) is 0 Å². The topological polar surface area (TPSA) is 75.4 Å². The van der Waals surface area contributed by atoms with Crippen LogP contribution in [-0.4, -0.2) is 35.8 Å². The quantitative estimate of drug-likeness (QED) is 0.828. The third-order valence-electron chi connectivity index (χ3n) is 5.38. The molecule has 1 heterocycles. The monoisotopic (exact) mass is 339 g/mol. The minimum atomic E-state index is -0.374. The van der Waals surface area contributed by atoms with E-state index in [1.54, 1.807) is 0 Å². The fraction of sp³-hybridized carbons (Fsp3) is 0.400. The summed E-state index contributed by atoms with van der Waals surface area (Å²) in [6.45, 7) is 9.22. The zero-order valence-corrected chi connectivity index (χ0v) is 14.9. The van der Waals surface area contributed by atoms with E-state index >= 15 is 0 Å². The maximum absolute atomic E-state index is 11.7. The Morgan fingerprint density at radius 1 is 1.28 bits per heavy atom. The first kappa shape index (κ1) is 17.3. The van der Waals surface area contributed by atoms with Gasteiger partial charge in [-0.05, 0) is 62.5 Å². The number of nitrogens with one attached hydrogen (secondary N) is 1. The van der Waals surface area contributed by atoms with Gasteiger partial charge in [0.05, 0.1) is 0 Å². The molecule has 0 spiro atoms. The maximum atomic E-state index is 11.7. The molecule has 132 valence electrons. The number of likely N-dealkylation sites (tertiary alicyclic amines) is 1. The van der Waals surface area contributed by atoms with Gasteiger partial charge in [-0.1, -0.05) is 12.2 Å². The molecule has 0 aromatic heterocycles.